The fourth-order valence-corrected chi connectivity index (χ4v) is 3.33. The summed E-state index contributed by atoms with van der Waals surface area (Å²) in [4.78, 5) is 13.1. The van der Waals surface area contributed by atoms with Crippen LogP contribution in [0, 0.1) is 6.92 Å². The number of phenols is 1. The third-order valence-corrected chi connectivity index (χ3v) is 4.66. The van der Waals surface area contributed by atoms with Gasteiger partial charge in [0, 0.05) is 11.4 Å². The van der Waals surface area contributed by atoms with Crippen LogP contribution in [0.3, 0.4) is 0 Å². The molecule has 1 aliphatic rings. The Labute approximate surface area is 169 Å². The molecule has 0 aliphatic carbocycles. The Morgan fingerprint density at radius 3 is 2.61 bits per heavy atom. The van der Waals surface area contributed by atoms with Gasteiger partial charge in [-0.25, -0.2) is 0 Å². The summed E-state index contributed by atoms with van der Waals surface area (Å²) >= 11 is 5.28. The average Bonchev–Trinajstić information content (AvgIpc) is 2.65. The third kappa shape index (κ3) is 4.26. The van der Waals surface area contributed by atoms with Crippen molar-refractivity contribution in [1.29, 1.82) is 0 Å². The van der Waals surface area contributed by atoms with E-state index in [-0.39, 0.29) is 11.7 Å². The molecular weight excluding hydrogens is 374 g/mol. The maximum Gasteiger partial charge on any atom is 0.255 e. The number of carbonyl (C=O) groups excluding carboxylic acids is 1. The molecule has 0 bridgehead atoms. The van der Waals surface area contributed by atoms with Crippen LogP contribution in [0.2, 0.25) is 0 Å². The third-order valence-electron chi connectivity index (χ3n) is 4.44. The van der Waals surface area contributed by atoms with Crippen LogP contribution in [0.25, 0.3) is 0 Å². The van der Waals surface area contributed by atoms with Crippen LogP contribution < -0.4 is 20.7 Å². The van der Waals surface area contributed by atoms with Crippen molar-refractivity contribution in [3.63, 3.8) is 0 Å². The fourth-order valence-electron chi connectivity index (χ4n) is 3.06. The monoisotopic (exact) mass is 397 g/mol. The van der Waals surface area contributed by atoms with Gasteiger partial charge in [0.05, 0.1) is 18.2 Å². The van der Waals surface area contributed by atoms with E-state index in [1.54, 1.807) is 18.2 Å². The van der Waals surface area contributed by atoms with Crippen molar-refractivity contribution in [2.45, 2.75) is 26.8 Å². The highest BCUT2D eigenvalue weighted by Gasteiger charge is 2.30. The van der Waals surface area contributed by atoms with Gasteiger partial charge in [-0.1, -0.05) is 23.8 Å². The number of hydrogen-bond acceptors (Lipinski definition) is 4. The molecule has 146 valence electrons. The minimum absolute atomic E-state index is 0.0495. The molecule has 3 rings (SSSR count). The van der Waals surface area contributed by atoms with E-state index in [1.807, 2.05) is 45.0 Å². The number of aryl methyl sites for hydroxylation is 1. The van der Waals surface area contributed by atoms with Crippen LogP contribution in [-0.2, 0) is 4.79 Å². The van der Waals surface area contributed by atoms with Crippen molar-refractivity contribution in [3.05, 3.63) is 64.9 Å². The zero-order valence-electron chi connectivity index (χ0n) is 16.0. The van der Waals surface area contributed by atoms with Gasteiger partial charge < -0.3 is 25.8 Å². The summed E-state index contributed by atoms with van der Waals surface area (Å²) in [6.45, 7) is 6.07. The van der Waals surface area contributed by atoms with E-state index in [4.69, 9.17) is 17.0 Å². The number of hydrogen-bond donors (Lipinski definition) is 4. The second-order valence-electron chi connectivity index (χ2n) is 6.55. The average molecular weight is 398 g/mol. The van der Waals surface area contributed by atoms with Crippen molar-refractivity contribution in [3.8, 4) is 11.5 Å². The predicted octanol–water partition coefficient (Wildman–Crippen LogP) is 3.53. The number of benzene rings is 2. The Morgan fingerprint density at radius 1 is 1.21 bits per heavy atom. The van der Waals surface area contributed by atoms with E-state index < -0.39 is 6.04 Å². The van der Waals surface area contributed by atoms with E-state index >= 15 is 0 Å². The summed E-state index contributed by atoms with van der Waals surface area (Å²) < 4.78 is 5.48. The highest BCUT2D eigenvalue weighted by atomic mass is 32.1. The van der Waals surface area contributed by atoms with Gasteiger partial charge in [0.25, 0.3) is 5.91 Å². The van der Waals surface area contributed by atoms with E-state index in [0.717, 1.165) is 11.1 Å². The number of phenolic OH excluding ortho intramolecular Hbond substituents is 1. The smallest absolute Gasteiger partial charge is 0.255 e. The first-order chi connectivity index (χ1) is 13.4. The largest absolute Gasteiger partial charge is 0.504 e. The van der Waals surface area contributed by atoms with Crippen LogP contribution in [0.1, 0.15) is 31.0 Å². The molecule has 0 aromatic heterocycles. The highest BCUT2D eigenvalue weighted by Crippen LogP contribution is 2.34. The maximum atomic E-state index is 13.1. The Bertz CT molecular complexity index is 938. The lowest BCUT2D eigenvalue weighted by molar-refractivity contribution is -0.113. The van der Waals surface area contributed by atoms with Crippen molar-refractivity contribution in [2.75, 3.05) is 11.9 Å². The summed E-state index contributed by atoms with van der Waals surface area (Å²) in [5.74, 6) is 0.176. The molecule has 0 fully saturated rings. The number of ether oxygens (including phenoxy) is 1. The molecular formula is C21H23N3O3S. The molecule has 0 unspecified atom stereocenters. The van der Waals surface area contributed by atoms with Crippen LogP contribution in [0.4, 0.5) is 5.69 Å². The number of carbonyl (C=O) groups is 1. The first kappa shape index (κ1) is 19.7. The molecule has 0 saturated heterocycles. The number of anilines is 1. The summed E-state index contributed by atoms with van der Waals surface area (Å²) in [5, 5.41) is 19.5. The molecule has 2 aromatic rings. The van der Waals surface area contributed by atoms with Gasteiger partial charge in [-0.05, 0) is 62.8 Å². The Kier molecular flexibility index (Phi) is 5.84. The van der Waals surface area contributed by atoms with Gasteiger partial charge in [0.1, 0.15) is 0 Å². The summed E-state index contributed by atoms with van der Waals surface area (Å²) in [7, 11) is 0. The van der Waals surface area contributed by atoms with Gasteiger partial charge in [0.15, 0.2) is 16.6 Å². The maximum absolute atomic E-state index is 13.1. The highest BCUT2D eigenvalue weighted by molar-refractivity contribution is 7.80. The molecule has 0 spiro atoms. The summed E-state index contributed by atoms with van der Waals surface area (Å²) in [6, 6.07) is 12.1. The van der Waals surface area contributed by atoms with E-state index in [9.17, 15) is 9.90 Å². The first-order valence-electron chi connectivity index (χ1n) is 9.01. The Balaban J connectivity index is 1.95. The molecule has 6 nitrogen and oxygen atoms in total. The van der Waals surface area contributed by atoms with Gasteiger partial charge in [-0.3, -0.25) is 4.79 Å². The molecule has 4 N–H and O–H groups in total. The predicted molar refractivity (Wildman–Crippen MR) is 113 cm³/mol. The second-order valence-corrected chi connectivity index (χ2v) is 6.96. The number of aromatic hydroxyl groups is 1. The molecule has 1 heterocycles. The Hall–Kier alpha value is -3.06. The topological polar surface area (TPSA) is 82.6 Å². The number of rotatable bonds is 5. The number of nitrogens with one attached hydrogen (secondary N) is 3. The van der Waals surface area contributed by atoms with Gasteiger partial charge in [-0.2, -0.15) is 0 Å². The van der Waals surface area contributed by atoms with Gasteiger partial charge in [-0.15, -0.1) is 0 Å². The standard InChI is InChI=1S/C21H23N3O3S/c1-4-27-17-11-14(7-10-16(17)25)19-18(13(3)22-21(28)24-19)20(26)23-15-8-5-12(2)6-9-15/h5-11,19,25H,4H2,1-3H3,(H,23,26)(H2,22,24,28)/t19-/m1/s1. The fraction of sp³-hybridized carbons (Fsp3) is 0.238. The minimum Gasteiger partial charge on any atom is -0.504 e. The first-order valence-corrected chi connectivity index (χ1v) is 9.42. The van der Waals surface area contributed by atoms with E-state index in [2.05, 4.69) is 16.0 Å². The SMILES string of the molecule is CCOc1cc([C@H]2NC(=S)NC(C)=C2C(=O)Nc2ccc(C)cc2)ccc1O. The van der Waals surface area contributed by atoms with Crippen LogP contribution in [0.15, 0.2) is 53.7 Å². The van der Waals surface area contributed by atoms with Crippen molar-refractivity contribution in [2.24, 2.45) is 0 Å². The molecule has 1 aliphatic heterocycles. The summed E-state index contributed by atoms with van der Waals surface area (Å²) in [6.07, 6.45) is 0. The van der Waals surface area contributed by atoms with Crippen molar-refractivity contribution >= 4 is 28.9 Å². The normalized spacial score (nSPS) is 16.2. The molecule has 1 amide bonds. The lowest BCUT2D eigenvalue weighted by Crippen LogP contribution is -2.45. The quantitative estimate of drug-likeness (QED) is 0.578. The van der Waals surface area contributed by atoms with Crippen LogP contribution in [0.5, 0.6) is 11.5 Å². The number of allylic oxidation sites excluding steroid dienone is 1. The molecule has 2 aromatic carbocycles. The molecule has 1 atom stereocenters. The number of amides is 1. The molecule has 0 radical (unpaired) electrons. The van der Waals surface area contributed by atoms with E-state index in [1.165, 1.54) is 0 Å². The zero-order chi connectivity index (χ0) is 20.3. The van der Waals surface area contributed by atoms with Crippen LogP contribution >= 0.6 is 12.2 Å². The molecule has 7 heteroatoms. The van der Waals surface area contributed by atoms with Gasteiger partial charge in [0.2, 0.25) is 0 Å². The van der Waals surface area contributed by atoms with Gasteiger partial charge >= 0.3 is 0 Å². The summed E-state index contributed by atoms with van der Waals surface area (Å²) in [5.41, 5.74) is 3.78. The second kappa shape index (κ2) is 8.31. The lowest BCUT2D eigenvalue weighted by atomic mass is 9.94. The molecule has 28 heavy (non-hydrogen) atoms. The minimum atomic E-state index is -0.473. The number of thiocarbonyl (C=S) groups is 1. The van der Waals surface area contributed by atoms with Crippen LogP contribution in [-0.4, -0.2) is 22.7 Å². The van der Waals surface area contributed by atoms with Crippen molar-refractivity contribution in [1.82, 2.24) is 10.6 Å². The molecule has 0 saturated carbocycles. The zero-order valence-corrected chi connectivity index (χ0v) is 16.8. The lowest BCUT2D eigenvalue weighted by Gasteiger charge is -2.30. The Morgan fingerprint density at radius 2 is 1.93 bits per heavy atom. The van der Waals surface area contributed by atoms with Crippen molar-refractivity contribution < 1.29 is 14.6 Å². The van der Waals surface area contributed by atoms with E-state index in [0.29, 0.717) is 34.4 Å².